The number of carbonyl (C=O) groups excluding carboxylic acids is 2. The van der Waals surface area contributed by atoms with Crippen molar-refractivity contribution in [3.63, 3.8) is 0 Å². The van der Waals surface area contributed by atoms with Crippen molar-refractivity contribution in [1.29, 1.82) is 0 Å². The summed E-state index contributed by atoms with van der Waals surface area (Å²) in [6, 6.07) is 10.3. The molecule has 208 valence electrons. The molecule has 0 spiro atoms. The van der Waals surface area contributed by atoms with E-state index in [4.69, 9.17) is 0 Å². The van der Waals surface area contributed by atoms with Crippen LogP contribution in [-0.4, -0.2) is 41.7 Å². The number of alkyl halides is 6. The van der Waals surface area contributed by atoms with Gasteiger partial charge in [-0.15, -0.1) is 13.2 Å². The number of esters is 1. The van der Waals surface area contributed by atoms with Crippen LogP contribution < -0.4 is 15.0 Å². The van der Waals surface area contributed by atoms with Gasteiger partial charge in [0.1, 0.15) is 17.1 Å². The summed E-state index contributed by atoms with van der Waals surface area (Å²) in [5.41, 5.74) is -0.964. The molecule has 1 atom stereocenters. The Balaban J connectivity index is 1.61. The lowest BCUT2D eigenvalue weighted by atomic mass is 10.1. The molecule has 1 unspecified atom stereocenters. The summed E-state index contributed by atoms with van der Waals surface area (Å²) >= 11 is 0. The lowest BCUT2D eigenvalue weighted by Gasteiger charge is -2.21. The van der Waals surface area contributed by atoms with Crippen LogP contribution in [0.2, 0.25) is 0 Å². The van der Waals surface area contributed by atoms with Gasteiger partial charge >= 0.3 is 18.5 Å². The molecule has 1 amide bonds. The maximum atomic E-state index is 13.9. The fraction of sp³-hybridized carbons (Fsp3) is 0.320. The highest BCUT2D eigenvalue weighted by Gasteiger charge is 2.44. The molecule has 0 radical (unpaired) electrons. The number of hydrogen-bond acceptors (Lipinski definition) is 6. The first kappa shape index (κ1) is 27.8. The molecule has 14 heteroatoms. The first-order valence-corrected chi connectivity index (χ1v) is 11.5. The first-order valence-electron chi connectivity index (χ1n) is 11.5. The average Bonchev–Trinajstić information content (AvgIpc) is 3.43. The Bertz CT molecular complexity index is 1370. The quantitative estimate of drug-likeness (QED) is 0.322. The smallest absolute Gasteiger partial charge is 0.465 e. The van der Waals surface area contributed by atoms with Crippen LogP contribution in [0.15, 0.2) is 48.5 Å². The average molecular weight is 556 g/mol. The van der Waals surface area contributed by atoms with Crippen LogP contribution in [0.3, 0.4) is 0 Å². The number of nitrogens with zero attached hydrogens (tertiary/aromatic N) is 3. The molecule has 0 saturated heterocycles. The van der Waals surface area contributed by atoms with E-state index in [1.807, 2.05) is 0 Å². The number of nitrogens with one attached hydrogen (secondary N) is 1. The van der Waals surface area contributed by atoms with Crippen LogP contribution in [0.25, 0.3) is 0 Å². The van der Waals surface area contributed by atoms with Crippen molar-refractivity contribution < 1.29 is 45.4 Å². The van der Waals surface area contributed by atoms with Gasteiger partial charge in [-0.05, 0) is 42.3 Å². The van der Waals surface area contributed by atoms with Gasteiger partial charge in [-0.3, -0.25) is 4.79 Å². The highest BCUT2D eigenvalue weighted by Crippen LogP contribution is 2.39. The molecular weight excluding hydrogens is 534 g/mol. The molecule has 1 aliphatic rings. The molecule has 0 aliphatic carbocycles. The summed E-state index contributed by atoms with van der Waals surface area (Å²) in [5.74, 6) is -2.18. The summed E-state index contributed by atoms with van der Waals surface area (Å²) in [4.78, 5) is 26.3. The maximum Gasteiger partial charge on any atom is 0.573 e. The van der Waals surface area contributed by atoms with Gasteiger partial charge in [0.2, 0.25) is 0 Å². The number of fused-ring (bicyclic) bond motifs is 1. The Labute approximate surface area is 218 Å². The van der Waals surface area contributed by atoms with Gasteiger partial charge in [-0.25, -0.2) is 9.48 Å². The second kappa shape index (κ2) is 10.5. The number of methoxy groups -OCH3 is 1. The zero-order chi connectivity index (χ0) is 28.5. The molecular formula is C25H22F6N4O4. The molecule has 1 aliphatic heterocycles. The third kappa shape index (κ3) is 6.26. The molecule has 4 rings (SSSR count). The lowest BCUT2D eigenvalue weighted by Crippen LogP contribution is -2.31. The van der Waals surface area contributed by atoms with Crippen molar-refractivity contribution in [3.8, 4) is 5.75 Å². The standard InChI is InChI=1S/C25H22F6N4O4/c1-14(16-6-8-17(9-7-16)23(37)38-2)32-21(36)19-20(24(26,27)28)33-35-11-10-34(22(19)35)13-15-4-3-5-18(12-15)39-25(29,30)31/h3-9,12,14H,10-11,13H2,1-2H3,(H,32,36). The fourth-order valence-corrected chi connectivity index (χ4v) is 4.25. The third-order valence-corrected chi connectivity index (χ3v) is 5.99. The monoisotopic (exact) mass is 556 g/mol. The second-order valence-electron chi connectivity index (χ2n) is 8.69. The number of halogens is 6. The predicted molar refractivity (Wildman–Crippen MR) is 125 cm³/mol. The van der Waals surface area contributed by atoms with E-state index in [1.165, 1.54) is 48.4 Å². The number of rotatable bonds is 7. The minimum absolute atomic E-state index is 0.0367. The minimum Gasteiger partial charge on any atom is -0.465 e. The Morgan fingerprint density at radius 1 is 1.05 bits per heavy atom. The number of amides is 1. The normalized spacial score (nSPS) is 14.1. The highest BCUT2D eigenvalue weighted by atomic mass is 19.4. The van der Waals surface area contributed by atoms with E-state index in [-0.39, 0.29) is 31.0 Å². The number of carbonyl (C=O) groups is 2. The van der Waals surface area contributed by atoms with E-state index >= 15 is 0 Å². The summed E-state index contributed by atoms with van der Waals surface area (Å²) < 4.78 is 89.2. The van der Waals surface area contributed by atoms with Crippen molar-refractivity contribution in [2.24, 2.45) is 0 Å². The molecule has 2 heterocycles. The van der Waals surface area contributed by atoms with Gasteiger partial charge in [0.15, 0.2) is 5.69 Å². The Hall–Kier alpha value is -4.23. The maximum absolute atomic E-state index is 13.9. The van der Waals surface area contributed by atoms with Crippen molar-refractivity contribution in [3.05, 3.63) is 76.5 Å². The van der Waals surface area contributed by atoms with Gasteiger partial charge < -0.3 is 19.7 Å². The van der Waals surface area contributed by atoms with Crippen molar-refractivity contribution in [2.75, 3.05) is 18.6 Å². The molecule has 1 N–H and O–H groups in total. The van der Waals surface area contributed by atoms with Crippen molar-refractivity contribution in [1.82, 2.24) is 15.1 Å². The van der Waals surface area contributed by atoms with Crippen LogP contribution >= 0.6 is 0 Å². The second-order valence-corrected chi connectivity index (χ2v) is 8.69. The molecule has 0 bridgehead atoms. The van der Waals surface area contributed by atoms with Crippen LogP contribution in [0, 0.1) is 0 Å². The van der Waals surface area contributed by atoms with E-state index in [0.29, 0.717) is 11.1 Å². The van der Waals surface area contributed by atoms with Crippen LogP contribution in [-0.2, 0) is 24.0 Å². The van der Waals surface area contributed by atoms with Gasteiger partial charge in [0, 0.05) is 13.1 Å². The molecule has 3 aromatic rings. The minimum atomic E-state index is -4.94. The highest BCUT2D eigenvalue weighted by molar-refractivity contribution is 6.01. The van der Waals surface area contributed by atoms with Crippen molar-refractivity contribution >= 4 is 17.7 Å². The largest absolute Gasteiger partial charge is 0.573 e. The van der Waals surface area contributed by atoms with Crippen LogP contribution in [0.4, 0.5) is 32.2 Å². The number of anilines is 1. The zero-order valence-electron chi connectivity index (χ0n) is 20.6. The van der Waals surface area contributed by atoms with Crippen LogP contribution in [0.5, 0.6) is 5.75 Å². The Morgan fingerprint density at radius 2 is 1.74 bits per heavy atom. The summed E-state index contributed by atoms with van der Waals surface area (Å²) in [7, 11) is 1.22. The summed E-state index contributed by atoms with van der Waals surface area (Å²) in [5, 5.41) is 6.17. The molecule has 2 aromatic carbocycles. The lowest BCUT2D eigenvalue weighted by molar-refractivity contribution is -0.274. The van der Waals surface area contributed by atoms with Crippen LogP contribution in [0.1, 0.15) is 50.5 Å². The molecule has 0 fully saturated rings. The molecule has 1 aromatic heterocycles. The van der Waals surface area contributed by atoms with Gasteiger partial charge in [-0.1, -0.05) is 24.3 Å². The number of ether oxygens (including phenoxy) is 2. The predicted octanol–water partition coefficient (Wildman–Crippen LogP) is 5.10. The van der Waals surface area contributed by atoms with E-state index in [9.17, 15) is 35.9 Å². The van der Waals surface area contributed by atoms with E-state index in [2.05, 4.69) is 19.9 Å². The summed E-state index contributed by atoms with van der Waals surface area (Å²) in [6.45, 7) is 1.68. The number of aromatic nitrogens is 2. The third-order valence-electron chi connectivity index (χ3n) is 5.99. The van der Waals surface area contributed by atoms with Gasteiger partial charge in [-0.2, -0.15) is 18.3 Å². The fourth-order valence-electron chi connectivity index (χ4n) is 4.25. The van der Waals surface area contributed by atoms with E-state index in [1.54, 1.807) is 6.92 Å². The van der Waals surface area contributed by atoms with Gasteiger partial charge in [0.25, 0.3) is 5.91 Å². The molecule has 8 nitrogen and oxygen atoms in total. The molecule has 39 heavy (non-hydrogen) atoms. The first-order chi connectivity index (χ1) is 18.3. The zero-order valence-corrected chi connectivity index (χ0v) is 20.6. The topological polar surface area (TPSA) is 85.7 Å². The Morgan fingerprint density at radius 3 is 2.36 bits per heavy atom. The number of hydrogen-bond donors (Lipinski definition) is 1. The van der Waals surface area contributed by atoms with Gasteiger partial charge in [0.05, 0.1) is 25.3 Å². The SMILES string of the molecule is COC(=O)c1ccc(C(C)NC(=O)c2c(C(F)(F)F)nn3c2N(Cc2cccc(OC(F)(F)F)c2)CC3)cc1. The number of benzene rings is 2. The Kier molecular flexibility index (Phi) is 7.48. The van der Waals surface area contributed by atoms with Crippen molar-refractivity contribution in [2.45, 2.75) is 38.6 Å². The van der Waals surface area contributed by atoms with E-state index < -0.39 is 47.5 Å². The molecule has 0 saturated carbocycles. The summed E-state index contributed by atoms with van der Waals surface area (Å²) in [6.07, 6.45) is -9.85. The van der Waals surface area contributed by atoms with E-state index in [0.717, 1.165) is 16.8 Å².